The molecule has 0 radical (unpaired) electrons. The Labute approximate surface area is 250 Å². The van der Waals surface area contributed by atoms with E-state index < -0.39 is 24.4 Å². The maximum Gasteiger partial charge on any atom is 0.492 e. The van der Waals surface area contributed by atoms with Crippen molar-refractivity contribution in [1.82, 2.24) is 10.3 Å². The molecule has 1 fully saturated rings. The summed E-state index contributed by atoms with van der Waals surface area (Å²) in [5, 5.41) is 5.41. The Hall–Kier alpha value is -3.92. The Bertz CT molecular complexity index is 1590. The van der Waals surface area contributed by atoms with Crippen LogP contribution in [-0.4, -0.2) is 42.5 Å². The second-order valence-electron chi connectivity index (χ2n) is 11.7. The van der Waals surface area contributed by atoms with E-state index in [-0.39, 0.29) is 19.1 Å². The van der Waals surface area contributed by atoms with Gasteiger partial charge in [0.2, 0.25) is 0 Å². The van der Waals surface area contributed by atoms with Gasteiger partial charge in [0.1, 0.15) is 6.61 Å². The number of hydrogen-bond acceptors (Lipinski definition) is 7. The number of ether oxygens (including phenoxy) is 1. The molecule has 0 unspecified atom stereocenters. The molecule has 6 rings (SSSR count). The Morgan fingerprint density at radius 2 is 1.57 bits per heavy atom. The molecule has 42 heavy (non-hydrogen) atoms. The number of nitrogens with zero attached hydrogens (tertiary/aromatic N) is 1. The number of anilines is 1. The molecular formula is C33H34BN3O4S. The van der Waals surface area contributed by atoms with Crippen LogP contribution < -0.4 is 11.1 Å². The number of fused-ring (bicyclic) bond motifs is 3. The van der Waals surface area contributed by atoms with Crippen molar-refractivity contribution in [3.63, 3.8) is 0 Å². The fourth-order valence-electron chi connectivity index (χ4n) is 5.40. The Morgan fingerprint density at radius 3 is 2.14 bits per heavy atom. The van der Waals surface area contributed by atoms with Crippen LogP contribution in [0.2, 0.25) is 0 Å². The van der Waals surface area contributed by atoms with Crippen LogP contribution in [0.25, 0.3) is 28.5 Å². The van der Waals surface area contributed by atoms with Gasteiger partial charge in [-0.15, -0.1) is 11.3 Å². The summed E-state index contributed by atoms with van der Waals surface area (Å²) in [4.78, 5) is 17.4. The molecule has 214 valence electrons. The van der Waals surface area contributed by atoms with Crippen LogP contribution in [0.5, 0.6) is 0 Å². The van der Waals surface area contributed by atoms with E-state index >= 15 is 0 Å². The van der Waals surface area contributed by atoms with E-state index in [1.54, 1.807) is 0 Å². The largest absolute Gasteiger partial charge is 0.492 e. The van der Waals surface area contributed by atoms with Crippen LogP contribution in [0, 0.1) is 0 Å². The number of alkyl carbamates (subject to hydrolysis) is 1. The summed E-state index contributed by atoms with van der Waals surface area (Å²) in [5.74, 6) is -0.00663. The Balaban J connectivity index is 1.17. The summed E-state index contributed by atoms with van der Waals surface area (Å²) in [6.07, 6.45) is 1.50. The van der Waals surface area contributed by atoms with Crippen molar-refractivity contribution in [2.24, 2.45) is 0 Å². The van der Waals surface area contributed by atoms with Crippen molar-refractivity contribution in [3.05, 3.63) is 100 Å². The van der Waals surface area contributed by atoms with E-state index in [2.05, 4.69) is 34.6 Å². The average Bonchev–Trinajstić information content (AvgIpc) is 3.61. The van der Waals surface area contributed by atoms with Crippen LogP contribution >= 0.6 is 11.3 Å². The molecule has 0 spiro atoms. The predicted octanol–water partition coefficient (Wildman–Crippen LogP) is 6.95. The van der Waals surface area contributed by atoms with Gasteiger partial charge < -0.3 is 25.1 Å². The average molecular weight is 580 g/mol. The quantitative estimate of drug-likeness (QED) is 0.230. The molecule has 0 atom stereocenters. The first-order valence-electron chi connectivity index (χ1n) is 14.1. The number of thiazole rings is 1. The van der Waals surface area contributed by atoms with Crippen molar-refractivity contribution in [2.45, 2.75) is 44.8 Å². The molecule has 1 saturated heterocycles. The van der Waals surface area contributed by atoms with Crippen molar-refractivity contribution in [2.75, 3.05) is 18.9 Å². The highest BCUT2D eigenvalue weighted by molar-refractivity contribution is 7.13. The molecular weight excluding hydrogens is 545 g/mol. The zero-order valence-corrected chi connectivity index (χ0v) is 25.0. The lowest BCUT2D eigenvalue weighted by Gasteiger charge is -2.32. The third-order valence-corrected chi connectivity index (χ3v) is 9.09. The number of nitrogens with two attached hydrogens (primary N) is 1. The Kier molecular flexibility index (Phi) is 7.43. The number of aromatic nitrogens is 1. The first-order valence-corrected chi connectivity index (χ1v) is 15.0. The van der Waals surface area contributed by atoms with Gasteiger partial charge in [0.05, 0.1) is 16.9 Å². The summed E-state index contributed by atoms with van der Waals surface area (Å²) in [5.41, 5.74) is 13.1. The summed E-state index contributed by atoms with van der Waals surface area (Å²) in [7, 11) is -0.623. The van der Waals surface area contributed by atoms with Crippen molar-refractivity contribution in [3.8, 4) is 22.4 Å². The predicted molar refractivity (Wildman–Crippen MR) is 169 cm³/mol. The topological polar surface area (TPSA) is 95.7 Å². The van der Waals surface area contributed by atoms with Gasteiger partial charge in [-0.3, -0.25) is 0 Å². The SMILES string of the molecule is CC1(C)OB(C(=Cc2ccc(-c3csc(N)n3)cc2)CNC(=O)OCC2c3ccccc3-c3ccccc32)OC1(C)C. The number of carbonyl (C=O) groups is 1. The standard InChI is InChI=1S/C33H34BN3O4S/c1-32(2)33(3,4)41-34(40-32)23(17-21-13-15-22(16-14-21)29-20-42-30(35)37-29)18-36-31(38)39-19-28-26-11-7-5-9-24(26)25-10-6-8-12-27(25)28/h5-17,20,28H,18-19H2,1-4H3,(H2,35,37)(H,36,38). The van der Waals surface area contributed by atoms with Gasteiger partial charge in [0, 0.05) is 23.4 Å². The minimum Gasteiger partial charge on any atom is -0.449 e. The van der Waals surface area contributed by atoms with E-state index in [0.29, 0.717) is 5.13 Å². The minimum atomic E-state index is -0.623. The van der Waals surface area contributed by atoms with Gasteiger partial charge in [-0.05, 0) is 61.0 Å². The second-order valence-corrected chi connectivity index (χ2v) is 12.6. The molecule has 9 heteroatoms. The molecule has 1 aromatic heterocycles. The maximum absolute atomic E-state index is 13.0. The summed E-state index contributed by atoms with van der Waals surface area (Å²) < 4.78 is 18.5. The lowest BCUT2D eigenvalue weighted by molar-refractivity contribution is 0.00578. The van der Waals surface area contributed by atoms with E-state index in [9.17, 15) is 4.79 Å². The molecule has 7 nitrogen and oxygen atoms in total. The zero-order valence-electron chi connectivity index (χ0n) is 24.2. The van der Waals surface area contributed by atoms with Gasteiger partial charge in [0.15, 0.2) is 5.13 Å². The number of rotatable bonds is 7. The molecule has 3 aromatic carbocycles. The lowest BCUT2D eigenvalue weighted by atomic mass is 9.77. The fourth-order valence-corrected chi connectivity index (χ4v) is 5.98. The van der Waals surface area contributed by atoms with E-state index in [1.807, 2.05) is 87.7 Å². The number of carbonyl (C=O) groups excluding carboxylic acids is 1. The lowest BCUT2D eigenvalue weighted by Crippen LogP contribution is -2.41. The molecule has 1 aliphatic heterocycles. The number of benzene rings is 3. The van der Waals surface area contributed by atoms with Crippen molar-refractivity contribution < 1.29 is 18.8 Å². The van der Waals surface area contributed by atoms with E-state index in [0.717, 1.165) is 22.3 Å². The number of nitrogens with one attached hydrogen (secondary N) is 1. The fraction of sp³-hybridized carbons (Fsp3) is 0.273. The zero-order chi connectivity index (χ0) is 29.5. The van der Waals surface area contributed by atoms with Gasteiger partial charge in [-0.2, -0.15) is 0 Å². The Morgan fingerprint density at radius 1 is 0.976 bits per heavy atom. The van der Waals surface area contributed by atoms with Crippen LogP contribution in [0.15, 0.2) is 83.6 Å². The molecule has 3 N–H and O–H groups in total. The highest BCUT2D eigenvalue weighted by atomic mass is 32.1. The van der Waals surface area contributed by atoms with Gasteiger partial charge in [0.25, 0.3) is 0 Å². The highest BCUT2D eigenvalue weighted by Crippen LogP contribution is 2.44. The van der Waals surface area contributed by atoms with Gasteiger partial charge in [-0.1, -0.05) is 78.9 Å². The minimum absolute atomic E-state index is 0.00663. The molecule has 2 aliphatic rings. The first kappa shape index (κ1) is 28.2. The normalized spacial score (nSPS) is 17.1. The summed E-state index contributed by atoms with van der Waals surface area (Å²) in [6.45, 7) is 8.50. The van der Waals surface area contributed by atoms with Crippen LogP contribution in [0.3, 0.4) is 0 Å². The highest BCUT2D eigenvalue weighted by Gasteiger charge is 2.52. The number of nitrogen functional groups attached to an aromatic ring is 1. The van der Waals surface area contributed by atoms with Crippen molar-refractivity contribution >= 4 is 35.8 Å². The van der Waals surface area contributed by atoms with Crippen LogP contribution in [0.1, 0.15) is 50.3 Å². The summed E-state index contributed by atoms with van der Waals surface area (Å²) in [6, 6.07) is 24.6. The molecule has 2 heterocycles. The number of hydrogen-bond donors (Lipinski definition) is 2. The molecule has 1 aliphatic carbocycles. The monoisotopic (exact) mass is 579 g/mol. The smallest absolute Gasteiger partial charge is 0.449 e. The summed E-state index contributed by atoms with van der Waals surface area (Å²) >= 11 is 1.41. The third-order valence-electron chi connectivity index (χ3n) is 8.42. The van der Waals surface area contributed by atoms with Crippen LogP contribution in [0.4, 0.5) is 9.93 Å². The molecule has 0 saturated carbocycles. The van der Waals surface area contributed by atoms with Crippen molar-refractivity contribution in [1.29, 1.82) is 0 Å². The van der Waals surface area contributed by atoms with Gasteiger partial charge >= 0.3 is 13.2 Å². The van der Waals surface area contributed by atoms with E-state index in [1.165, 1.54) is 33.6 Å². The van der Waals surface area contributed by atoms with Crippen LogP contribution in [-0.2, 0) is 14.0 Å². The van der Waals surface area contributed by atoms with E-state index in [4.69, 9.17) is 19.8 Å². The first-order chi connectivity index (χ1) is 20.1. The van der Waals surface area contributed by atoms with Gasteiger partial charge in [-0.25, -0.2) is 9.78 Å². The molecule has 0 bridgehead atoms. The second kappa shape index (κ2) is 11.1. The molecule has 4 aromatic rings. The third kappa shape index (κ3) is 5.47. The maximum atomic E-state index is 13.0. The molecule has 1 amide bonds. The number of amides is 1.